The van der Waals surface area contributed by atoms with E-state index in [9.17, 15) is 0 Å². The largest absolute Gasteiger partial charge is 0.0257 e. The molecule has 0 saturated carbocycles. The van der Waals surface area contributed by atoms with E-state index in [2.05, 4.69) is 53.6 Å². The van der Waals surface area contributed by atoms with Gasteiger partial charge in [0, 0.05) is 46.2 Å². The molecule has 0 fully saturated rings. The SMILES string of the molecule is S=S=S=S=S=S(I)I. The van der Waals surface area contributed by atoms with Crippen molar-refractivity contribution in [1.29, 1.82) is 0 Å². The summed E-state index contributed by atoms with van der Waals surface area (Å²) in [5.41, 5.74) is 0. The Balaban J connectivity index is 4.75. The molecule has 0 aromatic heterocycles. The maximum Gasteiger partial charge on any atom is 0.0122 e. The van der Waals surface area contributed by atoms with Crippen LogP contribution in [-0.2, 0) is 50.5 Å². The van der Waals surface area contributed by atoms with Crippen LogP contribution in [-0.4, -0.2) is 0 Å². The molecule has 0 bridgehead atoms. The summed E-state index contributed by atoms with van der Waals surface area (Å²) < 4.78 is 0.422. The Hall–Kier alpha value is 2.91. The first-order chi connectivity index (χ1) is 3.77. The molecule has 0 nitrogen and oxygen atoms in total. The lowest BCUT2D eigenvalue weighted by Gasteiger charge is -1.63. The molecule has 0 aliphatic carbocycles. The molecule has 0 rings (SSSR count). The Morgan fingerprint density at radius 2 is 1.88 bits per heavy atom. The molecule has 0 aliphatic rings. The van der Waals surface area contributed by atoms with Gasteiger partial charge in [0.2, 0.25) is 0 Å². The molecule has 0 spiro atoms. The van der Waals surface area contributed by atoms with Crippen LogP contribution in [0.25, 0.3) is 0 Å². The summed E-state index contributed by atoms with van der Waals surface area (Å²) >= 11 is 9.41. The van der Waals surface area contributed by atoms with Crippen LogP contribution < -0.4 is 0 Å². The van der Waals surface area contributed by atoms with Crippen molar-refractivity contribution in [3.63, 3.8) is 0 Å². The highest BCUT2D eigenvalue weighted by atomic mass is 127. The van der Waals surface area contributed by atoms with Gasteiger partial charge in [0.15, 0.2) is 0 Å². The molecule has 0 saturated heterocycles. The summed E-state index contributed by atoms with van der Waals surface area (Å²) in [5, 5.41) is 0. The first kappa shape index (κ1) is 10.9. The van der Waals surface area contributed by atoms with Crippen LogP contribution in [0.1, 0.15) is 0 Å². The third-order valence-electron chi connectivity index (χ3n) is 0.135. The Kier molecular flexibility index (Phi) is 10.9. The van der Waals surface area contributed by atoms with Crippen LogP contribution >= 0.6 is 42.4 Å². The first-order valence-electron chi connectivity index (χ1n) is 1.14. The van der Waals surface area contributed by atoms with Gasteiger partial charge in [0.05, 0.1) is 0 Å². The lowest BCUT2D eigenvalue weighted by molar-refractivity contribution is 6.07. The molecule has 0 amide bonds. The summed E-state index contributed by atoms with van der Waals surface area (Å²) in [5.74, 6) is 0. The molecule has 8 heteroatoms. The van der Waals surface area contributed by atoms with Crippen LogP contribution in [0, 0.1) is 0 Å². The minimum absolute atomic E-state index is 0.422. The molecule has 0 N–H and O–H groups in total. The molecule has 0 radical (unpaired) electrons. The number of rotatable bonds is 0. The van der Waals surface area contributed by atoms with Gasteiger partial charge in [-0.3, -0.25) is 0 Å². The monoisotopic (exact) mass is 446 g/mol. The predicted octanol–water partition coefficient (Wildman–Crippen LogP) is 1.76. The summed E-state index contributed by atoms with van der Waals surface area (Å²) in [6.07, 6.45) is 0. The van der Waals surface area contributed by atoms with Gasteiger partial charge >= 0.3 is 0 Å². The summed E-state index contributed by atoms with van der Waals surface area (Å²) in [7, 11) is 6.63. The van der Waals surface area contributed by atoms with Gasteiger partial charge in [-0.2, -0.15) is 0 Å². The average Bonchev–Trinajstić information content (AvgIpc) is 1.66. The number of hydrogen-bond donors (Lipinski definition) is 0. The van der Waals surface area contributed by atoms with Crippen molar-refractivity contribution in [2.24, 2.45) is 0 Å². The summed E-state index contributed by atoms with van der Waals surface area (Å²) in [6.45, 7) is 0. The number of hydrogen-bond acceptors (Lipinski definition) is 1. The fourth-order valence-corrected chi connectivity index (χ4v) is 16.9. The van der Waals surface area contributed by atoms with E-state index in [1.807, 2.05) is 8.88 Å². The third-order valence-corrected chi connectivity index (χ3v) is 16.1. The predicted molar refractivity (Wildman–Crippen MR) is 72.2 cm³/mol. The van der Waals surface area contributed by atoms with Crippen molar-refractivity contribution in [2.45, 2.75) is 0 Å². The van der Waals surface area contributed by atoms with E-state index < -0.39 is 0 Å². The maximum atomic E-state index is 4.65. The second-order valence-electron chi connectivity index (χ2n) is 0.456. The molecular formula is I2S6. The van der Waals surface area contributed by atoms with Crippen LogP contribution in [0.2, 0.25) is 0 Å². The Morgan fingerprint density at radius 3 is 2.25 bits per heavy atom. The molecule has 0 aromatic rings. The van der Waals surface area contributed by atoms with Gasteiger partial charge in [-0.1, -0.05) is 0 Å². The van der Waals surface area contributed by atoms with E-state index in [1.54, 1.807) is 17.8 Å². The molecule has 0 aromatic carbocycles. The van der Waals surface area contributed by atoms with Crippen LogP contribution in [0.4, 0.5) is 0 Å². The van der Waals surface area contributed by atoms with Gasteiger partial charge in [-0.05, 0) is 46.7 Å². The zero-order valence-electron chi connectivity index (χ0n) is 3.21. The van der Waals surface area contributed by atoms with E-state index in [-0.39, 0.29) is 0 Å². The van der Waals surface area contributed by atoms with Crippen molar-refractivity contribution in [3.05, 3.63) is 0 Å². The standard InChI is InChI=1S/I2S6/c1-8(2)7-6-5-4-3. The van der Waals surface area contributed by atoms with E-state index >= 15 is 0 Å². The van der Waals surface area contributed by atoms with E-state index in [0.29, 0.717) is 3.80 Å². The van der Waals surface area contributed by atoms with E-state index in [4.69, 9.17) is 0 Å². The van der Waals surface area contributed by atoms with Crippen molar-refractivity contribution in [1.82, 2.24) is 0 Å². The van der Waals surface area contributed by atoms with Crippen LogP contribution in [0.3, 0.4) is 0 Å². The Bertz CT molecular complexity index is 211. The second-order valence-corrected chi connectivity index (χ2v) is 22.8. The van der Waals surface area contributed by atoms with Gasteiger partial charge in [-0.15, -0.1) is 0 Å². The molecule has 0 heterocycles. The molecule has 50 valence electrons. The van der Waals surface area contributed by atoms with Gasteiger partial charge in [-0.25, -0.2) is 0 Å². The molecule has 0 aliphatic heterocycles. The zero-order valence-corrected chi connectivity index (χ0v) is 12.4. The van der Waals surface area contributed by atoms with Crippen molar-refractivity contribution >= 4 is 92.9 Å². The van der Waals surface area contributed by atoms with Crippen molar-refractivity contribution < 1.29 is 0 Å². The molecular weight excluding hydrogens is 446 g/mol. The summed E-state index contributed by atoms with van der Waals surface area (Å²) in [4.78, 5) is 0. The van der Waals surface area contributed by atoms with Gasteiger partial charge in [0.1, 0.15) is 0 Å². The minimum atomic E-state index is 0.422. The molecule has 0 atom stereocenters. The normalized spacial score (nSPS) is 8.38. The minimum Gasteiger partial charge on any atom is -0.0257 e. The highest BCUT2D eigenvalue weighted by molar-refractivity contribution is 14.3. The summed E-state index contributed by atoms with van der Waals surface area (Å²) in [6, 6.07) is 0. The fraction of sp³-hybridized carbons (Fsp3) is 0. The first-order valence-corrected chi connectivity index (χ1v) is 13.7. The van der Waals surface area contributed by atoms with Gasteiger partial charge < -0.3 is 0 Å². The maximum absolute atomic E-state index is 4.65. The van der Waals surface area contributed by atoms with Crippen molar-refractivity contribution in [3.8, 4) is 0 Å². The lowest BCUT2D eigenvalue weighted by Crippen LogP contribution is -1.43. The molecule has 0 unspecified atom stereocenters. The Labute approximate surface area is 90.8 Å². The second kappa shape index (κ2) is 8.01. The smallest absolute Gasteiger partial charge is 0.0122 e. The topological polar surface area (TPSA) is 0 Å². The molecule has 8 heavy (non-hydrogen) atoms. The average molecular weight is 446 g/mol. The third kappa shape index (κ3) is 8.91. The fourth-order valence-electron chi connectivity index (χ4n) is 0.0437. The highest BCUT2D eigenvalue weighted by Gasteiger charge is 1.64. The number of halogens is 2. The van der Waals surface area contributed by atoms with Crippen molar-refractivity contribution in [2.75, 3.05) is 0 Å². The van der Waals surface area contributed by atoms with Crippen LogP contribution in [0.5, 0.6) is 0 Å². The lowest BCUT2D eigenvalue weighted by atomic mass is 30.8. The Morgan fingerprint density at radius 1 is 1.25 bits per heavy atom. The zero-order chi connectivity index (χ0) is 6.41. The van der Waals surface area contributed by atoms with E-state index in [0.717, 1.165) is 0 Å². The van der Waals surface area contributed by atoms with Crippen LogP contribution in [0.15, 0.2) is 0 Å². The van der Waals surface area contributed by atoms with Gasteiger partial charge in [0.25, 0.3) is 0 Å². The van der Waals surface area contributed by atoms with E-state index in [1.165, 1.54) is 8.88 Å². The highest BCUT2D eigenvalue weighted by Crippen LogP contribution is 2.03. The quantitative estimate of drug-likeness (QED) is 0.404.